The SMILES string of the molecule is CCCCC(=O)N(C)[C@H](C[C@@H](OC(C)=O)c1nc(C(=O)N[C@@H](Cc2ccc(OP(=O)(O)O)c(C)c2)CC(C)C(=O)O)cs1)C(C)C. The molecule has 46 heavy (non-hydrogen) atoms. The molecule has 4 atom stereocenters. The van der Waals surface area contributed by atoms with Crippen LogP contribution in [0.25, 0.3) is 0 Å². The highest BCUT2D eigenvalue weighted by atomic mass is 32.1. The third-order valence-electron chi connectivity index (χ3n) is 7.53. The van der Waals surface area contributed by atoms with Crippen molar-refractivity contribution < 1.29 is 47.9 Å². The van der Waals surface area contributed by atoms with Crippen molar-refractivity contribution in [2.24, 2.45) is 11.8 Å². The lowest BCUT2D eigenvalue weighted by molar-refractivity contribution is -0.148. The van der Waals surface area contributed by atoms with E-state index in [1.54, 1.807) is 31.0 Å². The van der Waals surface area contributed by atoms with Gasteiger partial charge < -0.3 is 24.6 Å². The second kappa shape index (κ2) is 17.6. The second-order valence-electron chi connectivity index (χ2n) is 11.9. The molecule has 0 saturated heterocycles. The number of carboxylic acids is 1. The largest absolute Gasteiger partial charge is 0.524 e. The molecule has 0 aliphatic heterocycles. The molecule has 0 saturated carbocycles. The molecule has 1 heterocycles. The molecule has 1 aromatic carbocycles. The molecule has 1 aromatic heterocycles. The number of rotatable bonds is 18. The van der Waals surface area contributed by atoms with E-state index in [9.17, 15) is 28.8 Å². The minimum atomic E-state index is -4.75. The number of hydrogen-bond acceptors (Lipinski definition) is 9. The Kier molecular flexibility index (Phi) is 14.8. The monoisotopic (exact) mass is 683 g/mol. The average molecular weight is 684 g/mol. The Morgan fingerprint density at radius 2 is 1.80 bits per heavy atom. The number of ether oxygens (including phenoxy) is 1. The average Bonchev–Trinajstić information content (AvgIpc) is 3.44. The van der Waals surface area contributed by atoms with E-state index in [0.29, 0.717) is 29.0 Å². The number of benzene rings is 1. The van der Waals surface area contributed by atoms with Crippen LogP contribution in [0.4, 0.5) is 0 Å². The molecule has 2 aromatic rings. The first-order valence-corrected chi connectivity index (χ1v) is 17.6. The zero-order valence-corrected chi connectivity index (χ0v) is 29.1. The van der Waals surface area contributed by atoms with E-state index >= 15 is 0 Å². The maximum Gasteiger partial charge on any atom is 0.524 e. The molecule has 2 rings (SSSR count). The van der Waals surface area contributed by atoms with Gasteiger partial charge in [-0.3, -0.25) is 29.0 Å². The summed E-state index contributed by atoms with van der Waals surface area (Å²) in [4.78, 5) is 74.3. The standard InChI is InChI=1S/C31H46N3O10PS/c1-8-9-10-28(36)34(7)25(18(2)3)16-27(43-21(6)35)30-33-24(17-46-30)29(37)32-23(14-20(5)31(38)39)15-22-11-12-26(19(4)13-22)44-45(40,41)42/h11-13,17-18,20,23,25,27H,8-10,14-16H2,1-7H3,(H,32,37)(H,38,39)(H2,40,41,42)/t20?,23-,25-,27-/m1/s1. The highest BCUT2D eigenvalue weighted by Crippen LogP contribution is 2.39. The van der Waals surface area contributed by atoms with E-state index in [-0.39, 0.29) is 42.2 Å². The second-order valence-corrected chi connectivity index (χ2v) is 13.9. The van der Waals surface area contributed by atoms with Gasteiger partial charge in [-0.2, -0.15) is 0 Å². The zero-order valence-electron chi connectivity index (χ0n) is 27.4. The van der Waals surface area contributed by atoms with Crippen LogP contribution < -0.4 is 9.84 Å². The molecule has 0 bridgehead atoms. The van der Waals surface area contributed by atoms with Gasteiger partial charge in [0.25, 0.3) is 5.91 Å². The van der Waals surface area contributed by atoms with Crippen molar-refractivity contribution in [3.05, 3.63) is 45.4 Å². The van der Waals surface area contributed by atoms with Crippen molar-refractivity contribution in [2.75, 3.05) is 7.05 Å². The Labute approximate surface area is 273 Å². The predicted octanol–water partition coefficient (Wildman–Crippen LogP) is 5.04. The summed E-state index contributed by atoms with van der Waals surface area (Å²) in [5.74, 6) is -2.82. The maximum atomic E-state index is 13.4. The number of nitrogens with one attached hydrogen (secondary N) is 1. The van der Waals surface area contributed by atoms with Crippen LogP contribution in [0.1, 0.15) is 99.4 Å². The first kappa shape index (κ1) is 38.9. The molecule has 1 unspecified atom stereocenters. The highest BCUT2D eigenvalue weighted by molar-refractivity contribution is 7.46. The minimum Gasteiger partial charge on any atom is -0.481 e. The Bertz CT molecular complexity index is 1410. The van der Waals surface area contributed by atoms with Gasteiger partial charge in [0.2, 0.25) is 5.91 Å². The molecule has 256 valence electrons. The fourth-order valence-electron chi connectivity index (χ4n) is 5.06. The van der Waals surface area contributed by atoms with E-state index < -0.39 is 43.7 Å². The number of carbonyl (C=O) groups excluding carboxylic acids is 3. The molecular formula is C31H46N3O10PS. The van der Waals surface area contributed by atoms with Crippen LogP contribution in [-0.4, -0.2) is 67.7 Å². The quantitative estimate of drug-likeness (QED) is 0.121. The Morgan fingerprint density at radius 3 is 2.35 bits per heavy atom. The number of phosphoric acid groups is 1. The lowest BCUT2D eigenvalue weighted by atomic mass is 9.95. The fraction of sp³-hybridized carbons (Fsp3) is 0.581. The molecular weight excluding hydrogens is 637 g/mol. The number of carbonyl (C=O) groups is 4. The van der Waals surface area contributed by atoms with Crippen molar-refractivity contribution in [1.82, 2.24) is 15.2 Å². The van der Waals surface area contributed by atoms with Crippen LogP contribution in [0.5, 0.6) is 5.75 Å². The summed E-state index contributed by atoms with van der Waals surface area (Å²) in [6.45, 7) is 10.4. The number of thiazole rings is 1. The van der Waals surface area contributed by atoms with Crippen LogP contribution in [0.15, 0.2) is 23.6 Å². The summed E-state index contributed by atoms with van der Waals surface area (Å²) in [5, 5.41) is 14.3. The van der Waals surface area contributed by atoms with Crippen LogP contribution >= 0.6 is 19.2 Å². The molecule has 0 spiro atoms. The van der Waals surface area contributed by atoms with E-state index in [1.165, 1.54) is 25.3 Å². The number of phosphoric ester groups is 1. The van der Waals surface area contributed by atoms with E-state index in [2.05, 4.69) is 10.3 Å². The summed E-state index contributed by atoms with van der Waals surface area (Å²) >= 11 is 1.15. The number of hydrogen-bond donors (Lipinski definition) is 4. The molecule has 13 nitrogen and oxygen atoms in total. The number of amides is 2. The van der Waals surface area contributed by atoms with Gasteiger partial charge in [-0.05, 0) is 49.3 Å². The summed E-state index contributed by atoms with van der Waals surface area (Å²) in [7, 11) is -3.01. The van der Waals surface area contributed by atoms with Crippen molar-refractivity contribution >= 4 is 42.9 Å². The van der Waals surface area contributed by atoms with E-state index in [4.69, 9.17) is 19.0 Å². The third kappa shape index (κ3) is 12.5. The van der Waals surface area contributed by atoms with Crippen molar-refractivity contribution in [1.29, 1.82) is 0 Å². The van der Waals surface area contributed by atoms with Crippen molar-refractivity contribution in [3.63, 3.8) is 0 Å². The molecule has 0 fully saturated rings. The van der Waals surface area contributed by atoms with Gasteiger partial charge in [-0.15, -0.1) is 11.3 Å². The number of carboxylic acid groups (broad SMARTS) is 1. The Balaban J connectivity index is 2.29. The maximum absolute atomic E-state index is 13.4. The van der Waals surface area contributed by atoms with Crippen LogP contribution in [-0.2, 0) is 30.1 Å². The summed E-state index contributed by atoms with van der Waals surface area (Å²) < 4.78 is 21.6. The van der Waals surface area contributed by atoms with Gasteiger partial charge in [0.05, 0.1) is 5.92 Å². The smallest absolute Gasteiger partial charge is 0.481 e. The number of aryl methyl sites for hydroxylation is 1. The third-order valence-corrected chi connectivity index (χ3v) is 8.90. The molecule has 0 aliphatic rings. The first-order chi connectivity index (χ1) is 21.4. The number of aliphatic carboxylic acids is 1. The topological polar surface area (TPSA) is 193 Å². The highest BCUT2D eigenvalue weighted by Gasteiger charge is 2.31. The van der Waals surface area contributed by atoms with Crippen molar-refractivity contribution in [3.8, 4) is 5.75 Å². The van der Waals surface area contributed by atoms with Gasteiger partial charge in [0.15, 0.2) is 6.10 Å². The van der Waals surface area contributed by atoms with Crippen LogP contribution in [0.3, 0.4) is 0 Å². The number of nitrogens with zero attached hydrogens (tertiary/aromatic N) is 2. The number of unbranched alkanes of at least 4 members (excludes halogenated alkanes) is 1. The summed E-state index contributed by atoms with van der Waals surface area (Å²) in [5.41, 5.74) is 1.21. The number of aromatic nitrogens is 1. The lowest BCUT2D eigenvalue weighted by Gasteiger charge is -2.33. The fourth-order valence-corrected chi connectivity index (χ4v) is 6.36. The lowest BCUT2D eigenvalue weighted by Crippen LogP contribution is -2.41. The van der Waals surface area contributed by atoms with E-state index in [0.717, 1.165) is 24.2 Å². The van der Waals surface area contributed by atoms with Gasteiger partial charge in [-0.25, -0.2) is 9.55 Å². The van der Waals surface area contributed by atoms with Gasteiger partial charge in [-0.1, -0.05) is 46.2 Å². The van der Waals surface area contributed by atoms with Gasteiger partial charge in [0, 0.05) is 44.3 Å². The Morgan fingerprint density at radius 1 is 1.13 bits per heavy atom. The first-order valence-electron chi connectivity index (χ1n) is 15.2. The van der Waals surface area contributed by atoms with Crippen molar-refractivity contribution in [2.45, 2.75) is 98.3 Å². The minimum absolute atomic E-state index is 0.00196. The predicted molar refractivity (Wildman–Crippen MR) is 172 cm³/mol. The van der Waals surface area contributed by atoms with Crippen LogP contribution in [0.2, 0.25) is 0 Å². The molecule has 4 N–H and O–H groups in total. The molecule has 0 radical (unpaired) electrons. The normalized spacial score (nSPS) is 14.2. The number of esters is 1. The van der Waals surface area contributed by atoms with Gasteiger partial charge in [0.1, 0.15) is 16.5 Å². The van der Waals surface area contributed by atoms with Crippen LogP contribution in [0, 0.1) is 18.8 Å². The van der Waals surface area contributed by atoms with E-state index in [1.807, 2.05) is 20.8 Å². The summed E-state index contributed by atoms with van der Waals surface area (Å²) in [6, 6.07) is 3.76. The van der Waals surface area contributed by atoms with Gasteiger partial charge >= 0.3 is 19.8 Å². The Hall–Kier alpha value is -3.32. The molecule has 15 heteroatoms. The molecule has 2 amide bonds. The molecule has 0 aliphatic carbocycles. The summed E-state index contributed by atoms with van der Waals surface area (Å²) in [6.07, 6.45) is 1.90. The zero-order chi connectivity index (χ0) is 34.8.